The molecule has 0 spiro atoms. The third-order valence-corrected chi connectivity index (χ3v) is 4.83. The maximum atomic E-state index is 11.2. The molecule has 1 rings (SSSR count). The summed E-state index contributed by atoms with van der Waals surface area (Å²) in [6, 6.07) is 0.0396. The minimum absolute atomic E-state index is 0. The van der Waals surface area contributed by atoms with Gasteiger partial charge in [0.15, 0.2) is 5.96 Å². The van der Waals surface area contributed by atoms with E-state index in [9.17, 15) is 8.42 Å². The Morgan fingerprint density at radius 2 is 2.00 bits per heavy atom. The predicted molar refractivity (Wildman–Crippen MR) is 110 cm³/mol. The lowest BCUT2D eigenvalue weighted by Crippen LogP contribution is -2.43. The van der Waals surface area contributed by atoms with Crippen molar-refractivity contribution < 1.29 is 8.42 Å². The zero-order valence-electron chi connectivity index (χ0n) is 15.4. The number of aryl methyl sites for hydroxylation is 2. The third-order valence-electron chi connectivity index (χ3n) is 3.85. The van der Waals surface area contributed by atoms with E-state index in [4.69, 9.17) is 0 Å². The molecule has 0 radical (unpaired) electrons. The summed E-state index contributed by atoms with van der Waals surface area (Å²) in [5.41, 5.74) is 3.48. The Balaban J connectivity index is 0.00000529. The zero-order chi connectivity index (χ0) is 17.6. The van der Waals surface area contributed by atoms with Crippen molar-refractivity contribution in [2.24, 2.45) is 12.0 Å². The smallest absolute Gasteiger partial charge is 0.191 e. The fourth-order valence-corrected chi connectivity index (χ4v) is 3.16. The number of rotatable bonds is 7. The van der Waals surface area contributed by atoms with Crippen molar-refractivity contribution in [1.82, 2.24) is 20.4 Å². The van der Waals surface area contributed by atoms with E-state index >= 15 is 0 Å². The quantitative estimate of drug-likeness (QED) is 0.355. The summed E-state index contributed by atoms with van der Waals surface area (Å²) in [6.07, 6.45) is 2.68. The summed E-state index contributed by atoms with van der Waals surface area (Å²) in [6.45, 7) is 6.78. The van der Waals surface area contributed by atoms with Crippen LogP contribution in [0.2, 0.25) is 0 Å². The highest BCUT2D eigenvalue weighted by Crippen LogP contribution is 2.11. The molecule has 1 aromatic heterocycles. The van der Waals surface area contributed by atoms with Gasteiger partial charge in [0.2, 0.25) is 0 Å². The number of halogens is 1. The van der Waals surface area contributed by atoms with Gasteiger partial charge in [-0.3, -0.25) is 9.67 Å². The average molecular weight is 471 g/mol. The van der Waals surface area contributed by atoms with Crippen LogP contribution in [0.25, 0.3) is 0 Å². The van der Waals surface area contributed by atoms with Crippen LogP contribution >= 0.6 is 24.0 Å². The molecular weight excluding hydrogens is 441 g/mol. The largest absolute Gasteiger partial charge is 0.356 e. The van der Waals surface area contributed by atoms with Crippen LogP contribution in [0, 0.1) is 13.8 Å². The lowest BCUT2D eigenvalue weighted by molar-refractivity contribution is 0.581. The van der Waals surface area contributed by atoms with Crippen molar-refractivity contribution in [1.29, 1.82) is 0 Å². The first kappa shape index (κ1) is 23.2. The second-order valence-electron chi connectivity index (χ2n) is 5.99. The van der Waals surface area contributed by atoms with E-state index in [1.165, 1.54) is 17.5 Å². The van der Waals surface area contributed by atoms with Crippen LogP contribution in [-0.4, -0.2) is 55.8 Å². The molecule has 0 saturated carbocycles. The molecule has 140 valence electrons. The molecule has 1 aromatic rings. The van der Waals surface area contributed by atoms with Crippen LogP contribution in [0.15, 0.2) is 4.99 Å². The Morgan fingerprint density at radius 3 is 2.46 bits per heavy atom. The molecule has 1 atom stereocenters. The second kappa shape index (κ2) is 10.2. The van der Waals surface area contributed by atoms with Crippen LogP contribution in [0.4, 0.5) is 0 Å². The van der Waals surface area contributed by atoms with Gasteiger partial charge in [0, 0.05) is 38.6 Å². The predicted octanol–water partition coefficient (Wildman–Crippen LogP) is 1.19. The van der Waals surface area contributed by atoms with E-state index in [2.05, 4.69) is 27.6 Å². The van der Waals surface area contributed by atoms with Crippen LogP contribution in [-0.2, 0) is 23.3 Å². The first-order chi connectivity index (χ1) is 10.6. The van der Waals surface area contributed by atoms with Crippen molar-refractivity contribution >= 4 is 39.8 Å². The van der Waals surface area contributed by atoms with Crippen LogP contribution in [0.3, 0.4) is 0 Å². The summed E-state index contributed by atoms with van der Waals surface area (Å²) in [7, 11) is 0.724. The van der Waals surface area contributed by atoms with Gasteiger partial charge in [0.25, 0.3) is 0 Å². The Kier molecular flexibility index (Phi) is 9.86. The highest BCUT2D eigenvalue weighted by atomic mass is 127. The van der Waals surface area contributed by atoms with Crippen molar-refractivity contribution in [2.75, 3.05) is 25.6 Å². The molecule has 0 aliphatic rings. The molecule has 0 amide bonds. The Bertz CT molecular complexity index is 655. The molecule has 7 nitrogen and oxygen atoms in total. The van der Waals surface area contributed by atoms with Crippen LogP contribution in [0.1, 0.15) is 30.3 Å². The summed E-state index contributed by atoms with van der Waals surface area (Å²) < 4.78 is 24.3. The number of nitrogens with one attached hydrogen (secondary N) is 2. The zero-order valence-corrected chi connectivity index (χ0v) is 18.5. The Hall–Kier alpha value is -0.840. The van der Waals surface area contributed by atoms with E-state index < -0.39 is 9.84 Å². The van der Waals surface area contributed by atoms with Gasteiger partial charge in [0.1, 0.15) is 9.84 Å². The molecule has 1 unspecified atom stereocenters. The second-order valence-corrected chi connectivity index (χ2v) is 8.25. The SMILES string of the molecule is CN=C(NCCc1c(C)nn(C)c1C)NC(C)CCS(C)(=O)=O.I. The summed E-state index contributed by atoms with van der Waals surface area (Å²) in [4.78, 5) is 4.18. The maximum absolute atomic E-state index is 11.2. The van der Waals surface area contributed by atoms with Crippen LogP contribution in [0.5, 0.6) is 0 Å². The van der Waals surface area contributed by atoms with Gasteiger partial charge < -0.3 is 10.6 Å². The molecule has 24 heavy (non-hydrogen) atoms. The third kappa shape index (κ3) is 7.82. The van der Waals surface area contributed by atoms with Gasteiger partial charge >= 0.3 is 0 Å². The molecule has 1 heterocycles. The van der Waals surface area contributed by atoms with E-state index in [0.29, 0.717) is 12.4 Å². The molecule has 0 aliphatic heterocycles. The topological polar surface area (TPSA) is 88.4 Å². The standard InChI is InChI=1S/C15H29N5O2S.HI/c1-11(8-10-23(6,21)22)18-15(16-4)17-9-7-14-12(2)19-20(5)13(14)3;/h11H,7-10H2,1-6H3,(H2,16,17,18);1H. The fourth-order valence-electron chi connectivity index (χ4n) is 2.38. The minimum atomic E-state index is -2.93. The normalized spacial score (nSPS) is 13.3. The lowest BCUT2D eigenvalue weighted by Gasteiger charge is -2.17. The van der Waals surface area contributed by atoms with Crippen molar-refractivity contribution in [3.63, 3.8) is 0 Å². The Morgan fingerprint density at radius 1 is 1.38 bits per heavy atom. The molecule has 0 fully saturated rings. The number of guanidine groups is 1. The molecule has 0 bridgehead atoms. The lowest BCUT2D eigenvalue weighted by atomic mass is 10.1. The van der Waals surface area contributed by atoms with Gasteiger partial charge in [-0.1, -0.05) is 0 Å². The fraction of sp³-hybridized carbons (Fsp3) is 0.733. The highest BCUT2D eigenvalue weighted by Gasteiger charge is 2.11. The van der Waals surface area contributed by atoms with Gasteiger partial charge in [-0.2, -0.15) is 5.10 Å². The van der Waals surface area contributed by atoms with E-state index in [0.717, 1.165) is 18.7 Å². The van der Waals surface area contributed by atoms with Crippen molar-refractivity contribution in [3.8, 4) is 0 Å². The number of sulfone groups is 1. The maximum Gasteiger partial charge on any atom is 0.191 e. The molecule has 2 N–H and O–H groups in total. The Labute approximate surface area is 162 Å². The summed E-state index contributed by atoms with van der Waals surface area (Å²) >= 11 is 0. The molecular formula is C15H30IN5O2S. The van der Waals surface area contributed by atoms with Crippen molar-refractivity contribution in [2.45, 2.75) is 39.7 Å². The molecule has 0 aromatic carbocycles. The summed E-state index contributed by atoms with van der Waals surface area (Å²) in [5, 5.41) is 10.9. The number of hydrogen-bond acceptors (Lipinski definition) is 4. The number of nitrogens with zero attached hydrogens (tertiary/aromatic N) is 3. The van der Waals surface area contributed by atoms with E-state index in [1.807, 2.05) is 25.6 Å². The van der Waals surface area contributed by atoms with E-state index in [1.54, 1.807) is 7.05 Å². The van der Waals surface area contributed by atoms with E-state index in [-0.39, 0.29) is 35.8 Å². The molecule has 0 aliphatic carbocycles. The highest BCUT2D eigenvalue weighted by molar-refractivity contribution is 14.0. The molecule has 9 heteroatoms. The number of aliphatic imine (C=N–C) groups is 1. The van der Waals surface area contributed by atoms with Gasteiger partial charge in [-0.05, 0) is 39.2 Å². The number of hydrogen-bond donors (Lipinski definition) is 2. The first-order valence-electron chi connectivity index (χ1n) is 7.78. The molecule has 0 saturated heterocycles. The minimum Gasteiger partial charge on any atom is -0.356 e. The van der Waals surface area contributed by atoms with Crippen LogP contribution < -0.4 is 10.6 Å². The first-order valence-corrected chi connectivity index (χ1v) is 9.84. The summed E-state index contributed by atoms with van der Waals surface area (Å²) in [5.74, 6) is 0.858. The monoisotopic (exact) mass is 471 g/mol. The van der Waals surface area contributed by atoms with Crippen molar-refractivity contribution in [3.05, 3.63) is 17.0 Å². The van der Waals surface area contributed by atoms with Gasteiger partial charge in [-0.15, -0.1) is 24.0 Å². The number of aromatic nitrogens is 2. The van der Waals surface area contributed by atoms with Gasteiger partial charge in [-0.25, -0.2) is 8.42 Å². The van der Waals surface area contributed by atoms with Gasteiger partial charge in [0.05, 0.1) is 11.4 Å². The average Bonchev–Trinajstić information content (AvgIpc) is 2.69.